The van der Waals surface area contributed by atoms with E-state index in [0.717, 1.165) is 54.3 Å². The SMILES string of the molecule is COc1ccc(Cn2c(=O)n3ncnc3c3c(C)c(CN4CCNCC4)sc32)cc1. The average Bonchev–Trinajstić information content (AvgIpc) is 3.38. The van der Waals surface area contributed by atoms with Gasteiger partial charge in [-0.3, -0.25) is 9.47 Å². The van der Waals surface area contributed by atoms with Crippen LogP contribution in [0.3, 0.4) is 0 Å². The number of benzene rings is 1. The summed E-state index contributed by atoms with van der Waals surface area (Å²) in [6.45, 7) is 7.60. The number of hydrogen-bond donors (Lipinski definition) is 1. The number of nitrogens with zero attached hydrogens (tertiary/aromatic N) is 5. The monoisotopic (exact) mass is 424 g/mol. The number of fused-ring (bicyclic) bond motifs is 3. The van der Waals surface area contributed by atoms with E-state index in [-0.39, 0.29) is 5.69 Å². The molecule has 0 spiro atoms. The Morgan fingerprint density at radius 2 is 1.93 bits per heavy atom. The maximum absolute atomic E-state index is 13.2. The van der Waals surface area contributed by atoms with E-state index in [0.29, 0.717) is 12.2 Å². The minimum Gasteiger partial charge on any atom is -0.497 e. The van der Waals surface area contributed by atoms with Crippen LogP contribution in [0.15, 0.2) is 35.4 Å². The molecule has 9 heteroatoms. The summed E-state index contributed by atoms with van der Waals surface area (Å²) in [4.78, 5) is 22.3. The van der Waals surface area contributed by atoms with Crippen LogP contribution in [0.25, 0.3) is 15.9 Å². The quantitative estimate of drug-likeness (QED) is 0.527. The summed E-state index contributed by atoms with van der Waals surface area (Å²) in [5.74, 6) is 0.799. The van der Waals surface area contributed by atoms with Gasteiger partial charge in [-0.1, -0.05) is 12.1 Å². The number of aryl methyl sites for hydroxylation is 1. The number of piperazine rings is 1. The van der Waals surface area contributed by atoms with Crippen molar-refractivity contribution in [3.8, 4) is 5.75 Å². The smallest absolute Gasteiger partial charge is 0.352 e. The second kappa shape index (κ2) is 7.82. The van der Waals surface area contributed by atoms with Crippen molar-refractivity contribution in [1.82, 2.24) is 29.4 Å². The second-order valence-corrected chi connectivity index (χ2v) is 8.65. The molecule has 30 heavy (non-hydrogen) atoms. The molecule has 4 heterocycles. The van der Waals surface area contributed by atoms with Gasteiger partial charge in [-0.15, -0.1) is 11.3 Å². The third-order valence-corrected chi connectivity index (χ3v) is 7.03. The largest absolute Gasteiger partial charge is 0.497 e. The molecule has 0 radical (unpaired) electrons. The van der Waals surface area contributed by atoms with E-state index in [1.54, 1.807) is 18.4 Å². The van der Waals surface area contributed by atoms with E-state index in [9.17, 15) is 4.79 Å². The van der Waals surface area contributed by atoms with Crippen molar-refractivity contribution in [2.75, 3.05) is 33.3 Å². The first-order chi connectivity index (χ1) is 14.7. The predicted molar refractivity (Wildman–Crippen MR) is 118 cm³/mol. The standard InChI is InChI=1S/C21H24N6O2S/c1-14-17(12-25-9-7-22-8-10-25)30-20-18(14)19-23-13-24-27(19)21(28)26(20)11-15-3-5-16(29-2)6-4-15/h3-6,13,22H,7-12H2,1-2H3. The number of methoxy groups -OCH3 is 1. The fraction of sp³-hybridized carbons (Fsp3) is 0.381. The maximum Gasteiger partial charge on any atom is 0.352 e. The molecular weight excluding hydrogens is 400 g/mol. The molecule has 4 aromatic rings. The molecule has 0 bridgehead atoms. The summed E-state index contributed by atoms with van der Waals surface area (Å²) >= 11 is 1.70. The van der Waals surface area contributed by atoms with Gasteiger partial charge >= 0.3 is 5.69 Å². The molecule has 156 valence electrons. The molecule has 1 aromatic carbocycles. The summed E-state index contributed by atoms with van der Waals surface area (Å²) in [6.07, 6.45) is 1.46. The Labute approximate surface area is 177 Å². The molecule has 0 unspecified atom stereocenters. The van der Waals surface area contributed by atoms with Crippen LogP contribution in [-0.2, 0) is 13.1 Å². The summed E-state index contributed by atoms with van der Waals surface area (Å²) in [5.41, 5.74) is 2.70. The Morgan fingerprint density at radius 3 is 2.67 bits per heavy atom. The predicted octanol–water partition coefficient (Wildman–Crippen LogP) is 1.88. The molecule has 5 rings (SSSR count). The van der Waals surface area contributed by atoms with E-state index in [1.807, 2.05) is 28.8 Å². The van der Waals surface area contributed by atoms with E-state index >= 15 is 0 Å². The van der Waals surface area contributed by atoms with Gasteiger partial charge in [0, 0.05) is 37.6 Å². The first kappa shape index (κ1) is 19.2. The molecule has 1 fully saturated rings. The highest BCUT2D eigenvalue weighted by atomic mass is 32.1. The van der Waals surface area contributed by atoms with Crippen LogP contribution < -0.4 is 15.7 Å². The summed E-state index contributed by atoms with van der Waals surface area (Å²) < 4.78 is 8.49. The lowest BCUT2D eigenvalue weighted by Gasteiger charge is -2.26. The minimum atomic E-state index is -0.166. The zero-order valence-electron chi connectivity index (χ0n) is 17.1. The van der Waals surface area contributed by atoms with E-state index in [4.69, 9.17) is 4.74 Å². The normalized spacial score (nSPS) is 15.3. The molecule has 0 saturated carbocycles. The number of aromatic nitrogens is 4. The number of hydrogen-bond acceptors (Lipinski definition) is 7. The second-order valence-electron chi connectivity index (χ2n) is 7.57. The van der Waals surface area contributed by atoms with Crippen molar-refractivity contribution in [3.05, 3.63) is 57.1 Å². The lowest BCUT2D eigenvalue weighted by molar-refractivity contribution is 0.235. The molecule has 1 N–H and O–H groups in total. The molecule has 0 aliphatic carbocycles. The Kier molecular flexibility index (Phi) is 5.01. The average molecular weight is 425 g/mol. The van der Waals surface area contributed by atoms with Crippen LogP contribution in [0.2, 0.25) is 0 Å². The summed E-state index contributed by atoms with van der Waals surface area (Å²) in [7, 11) is 1.65. The summed E-state index contributed by atoms with van der Waals surface area (Å²) in [5, 5.41) is 8.63. The van der Waals surface area contributed by atoms with Crippen LogP contribution in [-0.4, -0.2) is 57.4 Å². The highest BCUT2D eigenvalue weighted by Gasteiger charge is 2.21. The van der Waals surface area contributed by atoms with Gasteiger partial charge in [0.25, 0.3) is 0 Å². The van der Waals surface area contributed by atoms with Crippen molar-refractivity contribution in [3.63, 3.8) is 0 Å². The van der Waals surface area contributed by atoms with Crippen molar-refractivity contribution >= 4 is 27.2 Å². The Morgan fingerprint density at radius 1 is 1.17 bits per heavy atom. The van der Waals surface area contributed by atoms with Crippen molar-refractivity contribution in [1.29, 1.82) is 0 Å². The zero-order chi connectivity index (χ0) is 20.7. The molecule has 1 aliphatic heterocycles. The maximum atomic E-state index is 13.2. The molecule has 1 saturated heterocycles. The first-order valence-electron chi connectivity index (χ1n) is 10.1. The molecule has 1 aliphatic rings. The molecular formula is C21H24N6O2S. The van der Waals surface area contributed by atoms with E-state index < -0.39 is 0 Å². The lowest BCUT2D eigenvalue weighted by atomic mass is 10.2. The van der Waals surface area contributed by atoms with Crippen molar-refractivity contribution < 1.29 is 4.74 Å². The fourth-order valence-electron chi connectivity index (χ4n) is 4.03. The number of rotatable bonds is 5. The van der Waals surface area contributed by atoms with Crippen LogP contribution in [0.5, 0.6) is 5.75 Å². The van der Waals surface area contributed by atoms with Crippen molar-refractivity contribution in [2.24, 2.45) is 0 Å². The minimum absolute atomic E-state index is 0.166. The lowest BCUT2D eigenvalue weighted by Crippen LogP contribution is -2.42. The van der Waals surface area contributed by atoms with Crippen LogP contribution in [0, 0.1) is 6.92 Å². The number of ether oxygens (including phenoxy) is 1. The van der Waals surface area contributed by atoms with Crippen LogP contribution in [0.1, 0.15) is 16.0 Å². The van der Waals surface area contributed by atoms with Crippen LogP contribution in [0.4, 0.5) is 0 Å². The van der Waals surface area contributed by atoms with Crippen LogP contribution >= 0.6 is 11.3 Å². The molecule has 8 nitrogen and oxygen atoms in total. The third kappa shape index (κ3) is 3.28. The van der Waals surface area contributed by atoms with Gasteiger partial charge in [0.1, 0.15) is 16.9 Å². The number of thiophene rings is 1. The third-order valence-electron chi connectivity index (χ3n) is 5.73. The van der Waals surface area contributed by atoms with Gasteiger partial charge in [0.05, 0.1) is 19.0 Å². The summed E-state index contributed by atoms with van der Waals surface area (Å²) in [6, 6.07) is 7.82. The zero-order valence-corrected chi connectivity index (χ0v) is 17.9. The van der Waals surface area contributed by atoms with Gasteiger partial charge in [-0.25, -0.2) is 9.78 Å². The number of nitrogens with one attached hydrogen (secondary N) is 1. The molecule has 3 aromatic heterocycles. The Bertz CT molecular complexity index is 1250. The Balaban J connectivity index is 1.63. The first-order valence-corrected chi connectivity index (χ1v) is 10.9. The van der Waals surface area contributed by atoms with Gasteiger partial charge in [0.2, 0.25) is 0 Å². The highest BCUT2D eigenvalue weighted by molar-refractivity contribution is 7.19. The molecule has 0 atom stereocenters. The van der Waals surface area contributed by atoms with Gasteiger partial charge < -0.3 is 10.1 Å². The fourth-order valence-corrected chi connectivity index (χ4v) is 5.36. The van der Waals surface area contributed by atoms with E-state index in [1.165, 1.54) is 21.3 Å². The van der Waals surface area contributed by atoms with Crippen molar-refractivity contribution in [2.45, 2.75) is 20.0 Å². The van der Waals surface area contributed by atoms with E-state index in [2.05, 4.69) is 27.2 Å². The molecule has 0 amide bonds. The van der Waals surface area contributed by atoms with Gasteiger partial charge in [0.15, 0.2) is 5.65 Å². The van der Waals surface area contributed by atoms with Gasteiger partial charge in [-0.2, -0.15) is 9.61 Å². The highest BCUT2D eigenvalue weighted by Crippen LogP contribution is 2.33. The van der Waals surface area contributed by atoms with Gasteiger partial charge in [-0.05, 0) is 30.2 Å². The topological polar surface area (TPSA) is 76.7 Å². The Hall–Kier alpha value is -2.75.